The van der Waals surface area contributed by atoms with Crippen LogP contribution in [0.1, 0.15) is 0 Å². The summed E-state index contributed by atoms with van der Waals surface area (Å²) in [5, 5.41) is 3.11. The summed E-state index contributed by atoms with van der Waals surface area (Å²) in [5.41, 5.74) is 0.609. The van der Waals surface area contributed by atoms with E-state index in [-0.39, 0.29) is 5.82 Å². The second-order valence-corrected chi connectivity index (χ2v) is 5.29. The molecular formula is C12H15FIN3. The molecule has 0 saturated carbocycles. The molecule has 0 aromatic heterocycles. The van der Waals surface area contributed by atoms with Gasteiger partial charge in [-0.25, -0.2) is 4.39 Å². The van der Waals surface area contributed by atoms with Crippen LogP contribution < -0.4 is 10.2 Å². The van der Waals surface area contributed by atoms with E-state index in [1.54, 1.807) is 6.07 Å². The van der Waals surface area contributed by atoms with E-state index < -0.39 is 0 Å². The standard InChI is InChI=1S/C12H15FIN3/c1-15-12-5-6-16(2)8-17(12)11-4-3-9(14)7-10(11)13/h3-5,7,15H,6,8H2,1-2H3. The van der Waals surface area contributed by atoms with Crippen molar-refractivity contribution in [2.75, 3.05) is 32.2 Å². The van der Waals surface area contributed by atoms with E-state index in [0.29, 0.717) is 12.4 Å². The molecule has 0 atom stereocenters. The molecule has 0 radical (unpaired) electrons. The number of halogens is 2. The van der Waals surface area contributed by atoms with Gasteiger partial charge in [-0.05, 0) is 53.9 Å². The lowest BCUT2D eigenvalue weighted by Gasteiger charge is -2.35. The van der Waals surface area contributed by atoms with Gasteiger partial charge in [-0.2, -0.15) is 0 Å². The normalized spacial score (nSPS) is 16.9. The third-order valence-electron chi connectivity index (χ3n) is 2.73. The molecule has 1 N–H and O–H groups in total. The van der Waals surface area contributed by atoms with Crippen molar-refractivity contribution in [2.45, 2.75) is 0 Å². The van der Waals surface area contributed by atoms with Crippen LogP contribution in [0.15, 0.2) is 30.1 Å². The molecule has 92 valence electrons. The summed E-state index contributed by atoms with van der Waals surface area (Å²) in [5.74, 6) is 0.761. The quantitative estimate of drug-likeness (QED) is 0.828. The van der Waals surface area contributed by atoms with Crippen LogP contribution in [0, 0.1) is 9.39 Å². The second-order valence-electron chi connectivity index (χ2n) is 4.04. The first-order valence-electron chi connectivity index (χ1n) is 5.41. The number of nitrogens with zero attached hydrogens (tertiary/aromatic N) is 2. The molecule has 5 heteroatoms. The maximum Gasteiger partial charge on any atom is 0.147 e. The number of likely N-dealkylation sites (N-methyl/N-ethyl adjacent to an activating group) is 1. The van der Waals surface area contributed by atoms with Crippen molar-refractivity contribution in [1.82, 2.24) is 10.2 Å². The summed E-state index contributed by atoms with van der Waals surface area (Å²) in [7, 11) is 3.87. The number of anilines is 1. The van der Waals surface area contributed by atoms with Crippen LogP contribution in [0.5, 0.6) is 0 Å². The van der Waals surface area contributed by atoms with Crippen LogP contribution in [0.2, 0.25) is 0 Å². The minimum Gasteiger partial charge on any atom is -0.375 e. The van der Waals surface area contributed by atoms with Crippen LogP contribution in [-0.2, 0) is 0 Å². The lowest BCUT2D eigenvalue weighted by Crippen LogP contribution is -2.43. The molecule has 0 amide bonds. The lowest BCUT2D eigenvalue weighted by molar-refractivity contribution is 0.353. The fourth-order valence-electron chi connectivity index (χ4n) is 1.87. The smallest absolute Gasteiger partial charge is 0.147 e. The van der Waals surface area contributed by atoms with E-state index in [1.165, 1.54) is 0 Å². The molecule has 1 aliphatic rings. The number of nitrogens with one attached hydrogen (secondary N) is 1. The molecule has 1 aliphatic heterocycles. The van der Waals surface area contributed by atoms with Gasteiger partial charge in [-0.1, -0.05) is 0 Å². The Balaban J connectivity index is 2.37. The zero-order valence-corrected chi connectivity index (χ0v) is 12.0. The van der Waals surface area contributed by atoms with E-state index in [2.05, 4.69) is 38.9 Å². The molecule has 0 aliphatic carbocycles. The minimum absolute atomic E-state index is 0.187. The van der Waals surface area contributed by atoms with Gasteiger partial charge in [0.1, 0.15) is 11.6 Å². The summed E-state index contributed by atoms with van der Waals surface area (Å²) in [6, 6.07) is 5.29. The average Bonchev–Trinajstić information content (AvgIpc) is 2.29. The van der Waals surface area contributed by atoms with Crippen LogP contribution in [0.4, 0.5) is 10.1 Å². The van der Waals surface area contributed by atoms with Crippen LogP contribution in [0.3, 0.4) is 0 Å². The van der Waals surface area contributed by atoms with Crippen LogP contribution in [0.25, 0.3) is 0 Å². The van der Waals surface area contributed by atoms with Crippen molar-refractivity contribution >= 4 is 28.3 Å². The Hall–Kier alpha value is -0.820. The Morgan fingerprint density at radius 3 is 2.82 bits per heavy atom. The number of hydrogen-bond acceptors (Lipinski definition) is 3. The van der Waals surface area contributed by atoms with Crippen molar-refractivity contribution in [3.63, 3.8) is 0 Å². The Labute approximate surface area is 114 Å². The van der Waals surface area contributed by atoms with Crippen molar-refractivity contribution in [3.05, 3.63) is 39.5 Å². The van der Waals surface area contributed by atoms with Crippen molar-refractivity contribution in [2.24, 2.45) is 0 Å². The maximum atomic E-state index is 14.0. The number of hydrogen-bond donors (Lipinski definition) is 1. The number of benzene rings is 1. The Morgan fingerprint density at radius 2 is 2.18 bits per heavy atom. The highest BCUT2D eigenvalue weighted by molar-refractivity contribution is 14.1. The van der Waals surface area contributed by atoms with Gasteiger partial charge in [0.15, 0.2) is 0 Å². The highest BCUT2D eigenvalue weighted by atomic mass is 127. The van der Waals surface area contributed by atoms with Gasteiger partial charge in [-0.15, -0.1) is 0 Å². The van der Waals surface area contributed by atoms with Crippen LogP contribution >= 0.6 is 22.6 Å². The molecule has 0 unspecified atom stereocenters. The Morgan fingerprint density at radius 1 is 1.41 bits per heavy atom. The van der Waals surface area contributed by atoms with Crippen LogP contribution in [-0.4, -0.2) is 32.2 Å². The molecule has 0 fully saturated rings. The highest BCUT2D eigenvalue weighted by Crippen LogP contribution is 2.25. The van der Waals surface area contributed by atoms with Crippen molar-refractivity contribution in [1.29, 1.82) is 0 Å². The fourth-order valence-corrected chi connectivity index (χ4v) is 2.32. The Kier molecular flexibility index (Phi) is 3.88. The van der Waals surface area contributed by atoms with E-state index >= 15 is 0 Å². The van der Waals surface area contributed by atoms with E-state index in [1.807, 2.05) is 31.1 Å². The van der Waals surface area contributed by atoms with Gasteiger partial charge >= 0.3 is 0 Å². The van der Waals surface area contributed by atoms with E-state index in [4.69, 9.17) is 0 Å². The molecule has 17 heavy (non-hydrogen) atoms. The summed E-state index contributed by atoms with van der Waals surface area (Å²) >= 11 is 2.11. The van der Waals surface area contributed by atoms with Crippen molar-refractivity contribution < 1.29 is 4.39 Å². The summed E-state index contributed by atoms with van der Waals surface area (Å²) in [4.78, 5) is 4.06. The topological polar surface area (TPSA) is 18.5 Å². The predicted octanol–water partition coefficient (Wildman–Crippen LogP) is 2.20. The largest absolute Gasteiger partial charge is 0.375 e. The Bertz CT molecular complexity index is 447. The van der Waals surface area contributed by atoms with Gasteiger partial charge in [0, 0.05) is 17.2 Å². The molecule has 2 rings (SSSR count). The zero-order chi connectivity index (χ0) is 12.4. The van der Waals surface area contributed by atoms with Gasteiger partial charge in [-0.3, -0.25) is 4.90 Å². The monoisotopic (exact) mass is 347 g/mol. The van der Waals surface area contributed by atoms with E-state index in [0.717, 1.165) is 15.9 Å². The van der Waals surface area contributed by atoms with Crippen molar-refractivity contribution in [3.8, 4) is 0 Å². The van der Waals surface area contributed by atoms with Gasteiger partial charge in [0.25, 0.3) is 0 Å². The predicted molar refractivity (Wildman–Crippen MR) is 76.2 cm³/mol. The zero-order valence-electron chi connectivity index (χ0n) is 9.87. The molecule has 1 aromatic rings. The second kappa shape index (κ2) is 5.22. The fraction of sp³-hybridized carbons (Fsp3) is 0.333. The summed E-state index contributed by atoms with van der Waals surface area (Å²) in [6.07, 6.45) is 2.06. The molecular weight excluding hydrogens is 332 g/mol. The highest BCUT2D eigenvalue weighted by Gasteiger charge is 2.20. The summed E-state index contributed by atoms with van der Waals surface area (Å²) in [6.45, 7) is 1.56. The molecule has 1 aromatic carbocycles. The van der Waals surface area contributed by atoms with E-state index in [9.17, 15) is 4.39 Å². The molecule has 0 bridgehead atoms. The first kappa shape index (κ1) is 12.6. The molecule has 0 saturated heterocycles. The maximum absolute atomic E-state index is 14.0. The summed E-state index contributed by atoms with van der Waals surface area (Å²) < 4.78 is 14.9. The number of rotatable bonds is 2. The lowest BCUT2D eigenvalue weighted by atomic mass is 10.2. The molecule has 1 heterocycles. The SMILES string of the molecule is CNC1=CCN(C)CN1c1ccc(I)cc1F. The van der Waals surface area contributed by atoms with Gasteiger partial charge in [0.2, 0.25) is 0 Å². The third kappa shape index (κ3) is 2.71. The third-order valence-corrected chi connectivity index (χ3v) is 3.40. The molecule has 0 spiro atoms. The minimum atomic E-state index is -0.187. The molecule has 3 nitrogen and oxygen atoms in total. The van der Waals surface area contributed by atoms with Gasteiger partial charge < -0.3 is 10.2 Å². The first-order valence-corrected chi connectivity index (χ1v) is 6.48. The van der Waals surface area contributed by atoms with Gasteiger partial charge in [0.05, 0.1) is 12.4 Å². The average molecular weight is 347 g/mol. The first-order chi connectivity index (χ1) is 8.11.